The molecule has 0 aromatic heterocycles. The van der Waals surface area contributed by atoms with Crippen LogP contribution in [-0.4, -0.2) is 12.7 Å². The van der Waals surface area contributed by atoms with Crippen molar-refractivity contribution in [3.8, 4) is 0 Å². The van der Waals surface area contributed by atoms with E-state index in [0.717, 1.165) is 6.54 Å². The molecule has 1 fully saturated rings. The summed E-state index contributed by atoms with van der Waals surface area (Å²) in [6.07, 6.45) is 2.98. The standard InChI is InChI=1S/C18H20N2/c1-13-7-9-17-16(11-13)19-18-10-8-15(12-20(17)18)14-5-3-2-4-6-14/h2-7,9,11,15,18-19H,8,10,12H2,1H3/t15-,18?/m0/s1. The zero-order chi connectivity index (χ0) is 13.5. The number of anilines is 2. The van der Waals surface area contributed by atoms with Crippen LogP contribution in [0.4, 0.5) is 11.4 Å². The lowest BCUT2D eigenvalue weighted by atomic mass is 9.89. The molecule has 2 nitrogen and oxygen atoms in total. The van der Waals surface area contributed by atoms with Crippen molar-refractivity contribution in [1.29, 1.82) is 0 Å². The maximum Gasteiger partial charge on any atom is 0.0991 e. The fourth-order valence-electron chi connectivity index (χ4n) is 3.58. The minimum Gasteiger partial charge on any atom is -0.363 e. The van der Waals surface area contributed by atoms with Gasteiger partial charge in [0, 0.05) is 12.5 Å². The highest BCUT2D eigenvalue weighted by Gasteiger charge is 2.34. The highest BCUT2D eigenvalue weighted by atomic mass is 15.3. The molecule has 20 heavy (non-hydrogen) atoms. The van der Waals surface area contributed by atoms with E-state index in [1.807, 2.05) is 0 Å². The molecule has 2 atom stereocenters. The first-order valence-electron chi connectivity index (χ1n) is 7.50. The van der Waals surface area contributed by atoms with E-state index in [1.54, 1.807) is 0 Å². The predicted octanol–water partition coefficient (Wildman–Crippen LogP) is 4.13. The average molecular weight is 264 g/mol. The summed E-state index contributed by atoms with van der Waals surface area (Å²) in [5.74, 6) is 0.654. The smallest absolute Gasteiger partial charge is 0.0991 e. The molecule has 4 rings (SSSR count). The Morgan fingerprint density at radius 3 is 2.75 bits per heavy atom. The van der Waals surface area contributed by atoms with Crippen molar-refractivity contribution in [3.63, 3.8) is 0 Å². The summed E-state index contributed by atoms with van der Waals surface area (Å²) in [5.41, 5.74) is 5.49. The van der Waals surface area contributed by atoms with Crippen LogP contribution in [0, 0.1) is 6.92 Å². The lowest BCUT2D eigenvalue weighted by Crippen LogP contribution is -2.42. The van der Waals surface area contributed by atoms with Gasteiger partial charge in [0.15, 0.2) is 0 Å². The lowest BCUT2D eigenvalue weighted by Gasteiger charge is -2.36. The van der Waals surface area contributed by atoms with Crippen LogP contribution < -0.4 is 10.2 Å². The van der Waals surface area contributed by atoms with E-state index < -0.39 is 0 Å². The van der Waals surface area contributed by atoms with Gasteiger partial charge in [-0.3, -0.25) is 0 Å². The van der Waals surface area contributed by atoms with Crippen LogP contribution >= 0.6 is 0 Å². The van der Waals surface area contributed by atoms with Crippen molar-refractivity contribution >= 4 is 11.4 Å². The van der Waals surface area contributed by atoms with Gasteiger partial charge in [-0.25, -0.2) is 0 Å². The van der Waals surface area contributed by atoms with E-state index in [1.165, 1.54) is 35.3 Å². The quantitative estimate of drug-likeness (QED) is 0.833. The number of hydrogen-bond donors (Lipinski definition) is 1. The molecule has 0 saturated carbocycles. The Balaban J connectivity index is 1.63. The van der Waals surface area contributed by atoms with Crippen molar-refractivity contribution in [2.45, 2.75) is 31.8 Å². The third-order valence-electron chi connectivity index (χ3n) is 4.64. The van der Waals surface area contributed by atoms with Gasteiger partial charge in [-0.05, 0) is 43.0 Å². The molecule has 2 heterocycles. The van der Waals surface area contributed by atoms with Crippen molar-refractivity contribution in [2.75, 3.05) is 16.8 Å². The average Bonchev–Trinajstić information content (AvgIpc) is 2.84. The Kier molecular flexibility index (Phi) is 2.69. The van der Waals surface area contributed by atoms with Crippen molar-refractivity contribution in [3.05, 3.63) is 59.7 Å². The molecular weight excluding hydrogens is 244 g/mol. The number of benzene rings is 2. The lowest BCUT2D eigenvalue weighted by molar-refractivity contribution is 0.456. The molecule has 2 aliphatic heterocycles. The summed E-state index contributed by atoms with van der Waals surface area (Å²) >= 11 is 0. The number of nitrogens with zero attached hydrogens (tertiary/aromatic N) is 1. The van der Waals surface area contributed by atoms with Gasteiger partial charge in [0.25, 0.3) is 0 Å². The van der Waals surface area contributed by atoms with Gasteiger partial charge in [-0.1, -0.05) is 36.4 Å². The molecule has 1 unspecified atom stereocenters. The Hall–Kier alpha value is -1.96. The second-order valence-corrected chi connectivity index (χ2v) is 6.02. The summed E-state index contributed by atoms with van der Waals surface area (Å²) in [5, 5.41) is 3.68. The van der Waals surface area contributed by atoms with E-state index in [0.29, 0.717) is 12.1 Å². The number of hydrogen-bond acceptors (Lipinski definition) is 2. The third-order valence-corrected chi connectivity index (χ3v) is 4.64. The van der Waals surface area contributed by atoms with Crippen molar-refractivity contribution in [1.82, 2.24) is 0 Å². The molecule has 0 spiro atoms. The van der Waals surface area contributed by atoms with Crippen LogP contribution in [0.2, 0.25) is 0 Å². The number of fused-ring (bicyclic) bond motifs is 3. The van der Waals surface area contributed by atoms with Gasteiger partial charge in [-0.2, -0.15) is 0 Å². The van der Waals surface area contributed by atoms with Gasteiger partial charge in [0.1, 0.15) is 0 Å². The topological polar surface area (TPSA) is 15.3 Å². The summed E-state index contributed by atoms with van der Waals surface area (Å²) in [7, 11) is 0. The fourth-order valence-corrected chi connectivity index (χ4v) is 3.58. The number of nitrogens with one attached hydrogen (secondary N) is 1. The Bertz CT molecular complexity index is 621. The molecule has 2 heteroatoms. The summed E-state index contributed by atoms with van der Waals surface area (Å²) < 4.78 is 0. The van der Waals surface area contributed by atoms with Gasteiger partial charge in [-0.15, -0.1) is 0 Å². The maximum atomic E-state index is 3.68. The largest absolute Gasteiger partial charge is 0.363 e. The number of piperidine rings is 1. The SMILES string of the molecule is Cc1ccc2c(c1)NC1CC[C@H](c3ccccc3)CN21. The van der Waals surface area contributed by atoms with E-state index in [-0.39, 0.29) is 0 Å². The molecule has 1 saturated heterocycles. The van der Waals surface area contributed by atoms with Crippen LogP contribution in [0.5, 0.6) is 0 Å². The van der Waals surface area contributed by atoms with Crippen LogP contribution in [0.3, 0.4) is 0 Å². The first-order chi connectivity index (χ1) is 9.81. The van der Waals surface area contributed by atoms with Gasteiger partial charge < -0.3 is 10.2 Å². The monoisotopic (exact) mass is 264 g/mol. The molecule has 0 bridgehead atoms. The predicted molar refractivity (Wildman–Crippen MR) is 84.4 cm³/mol. The Morgan fingerprint density at radius 1 is 1.05 bits per heavy atom. The second kappa shape index (κ2) is 4.55. The van der Waals surface area contributed by atoms with E-state index in [4.69, 9.17) is 0 Å². The van der Waals surface area contributed by atoms with Gasteiger partial charge in [0.05, 0.1) is 17.5 Å². The van der Waals surface area contributed by atoms with E-state index >= 15 is 0 Å². The van der Waals surface area contributed by atoms with Crippen LogP contribution in [0.25, 0.3) is 0 Å². The van der Waals surface area contributed by atoms with Crippen LogP contribution in [0.1, 0.15) is 29.9 Å². The first kappa shape index (κ1) is 11.8. The molecule has 0 amide bonds. The highest BCUT2D eigenvalue weighted by molar-refractivity contribution is 5.77. The zero-order valence-corrected chi connectivity index (χ0v) is 11.8. The highest BCUT2D eigenvalue weighted by Crippen LogP contribution is 2.42. The Morgan fingerprint density at radius 2 is 1.90 bits per heavy atom. The Labute approximate surface area is 120 Å². The molecule has 102 valence electrons. The minimum absolute atomic E-state index is 0.492. The molecule has 2 aromatic carbocycles. The molecule has 0 radical (unpaired) electrons. The van der Waals surface area contributed by atoms with Crippen LogP contribution in [-0.2, 0) is 0 Å². The first-order valence-corrected chi connectivity index (χ1v) is 7.50. The van der Waals surface area contributed by atoms with Crippen molar-refractivity contribution in [2.24, 2.45) is 0 Å². The normalized spacial score (nSPS) is 23.9. The fraction of sp³-hybridized carbons (Fsp3) is 0.333. The second-order valence-electron chi connectivity index (χ2n) is 6.02. The van der Waals surface area contributed by atoms with Crippen molar-refractivity contribution < 1.29 is 0 Å². The van der Waals surface area contributed by atoms with Gasteiger partial charge >= 0.3 is 0 Å². The number of rotatable bonds is 1. The summed E-state index contributed by atoms with van der Waals surface area (Å²) in [4.78, 5) is 2.55. The number of aryl methyl sites for hydroxylation is 1. The molecule has 0 aliphatic carbocycles. The van der Waals surface area contributed by atoms with E-state index in [9.17, 15) is 0 Å². The summed E-state index contributed by atoms with van der Waals surface area (Å²) in [6, 6.07) is 17.7. The zero-order valence-electron chi connectivity index (χ0n) is 11.8. The molecular formula is C18H20N2. The summed E-state index contributed by atoms with van der Waals surface area (Å²) in [6.45, 7) is 3.28. The van der Waals surface area contributed by atoms with Crippen LogP contribution in [0.15, 0.2) is 48.5 Å². The minimum atomic E-state index is 0.492. The van der Waals surface area contributed by atoms with E-state index in [2.05, 4.69) is 65.7 Å². The van der Waals surface area contributed by atoms with Gasteiger partial charge in [0.2, 0.25) is 0 Å². The molecule has 1 N–H and O–H groups in total. The third kappa shape index (κ3) is 1.87. The molecule has 2 aliphatic rings. The maximum absolute atomic E-state index is 3.68. The molecule has 2 aromatic rings.